The Morgan fingerprint density at radius 2 is 1.83 bits per heavy atom. The highest BCUT2D eigenvalue weighted by molar-refractivity contribution is 5.95. The average Bonchev–Trinajstić information content (AvgIpc) is 2.69. The Labute approximate surface area is 167 Å². The van der Waals surface area contributed by atoms with Gasteiger partial charge >= 0.3 is 6.61 Å². The molecule has 2 aromatic carbocycles. The van der Waals surface area contributed by atoms with Crippen LogP contribution in [0.3, 0.4) is 0 Å². The van der Waals surface area contributed by atoms with Crippen LogP contribution in [0.25, 0.3) is 0 Å². The molecule has 0 saturated carbocycles. The van der Waals surface area contributed by atoms with Gasteiger partial charge in [-0.2, -0.15) is 8.78 Å². The van der Waals surface area contributed by atoms with Gasteiger partial charge in [0.2, 0.25) is 0 Å². The van der Waals surface area contributed by atoms with E-state index in [9.17, 15) is 18.0 Å². The third kappa shape index (κ3) is 5.63. The van der Waals surface area contributed by atoms with Crippen molar-refractivity contribution in [3.63, 3.8) is 0 Å². The summed E-state index contributed by atoms with van der Waals surface area (Å²) in [5, 5.41) is 0. The third-order valence-electron chi connectivity index (χ3n) is 4.66. The highest BCUT2D eigenvalue weighted by atomic mass is 19.3. The van der Waals surface area contributed by atoms with E-state index in [0.717, 1.165) is 5.56 Å². The Balaban J connectivity index is 1.62. The molecule has 1 saturated heterocycles. The number of nitrogens with zero attached hydrogens (tertiary/aromatic N) is 2. The molecule has 1 amide bonds. The largest absolute Gasteiger partial charge is 0.490 e. The molecule has 3 rings (SSSR count). The molecular weight excluding hydrogens is 385 g/mol. The fourth-order valence-corrected chi connectivity index (χ4v) is 3.29. The first-order valence-corrected chi connectivity index (χ1v) is 9.44. The van der Waals surface area contributed by atoms with Crippen molar-refractivity contribution in [1.29, 1.82) is 0 Å². The number of carbonyl (C=O) groups excluding carboxylic acids is 1. The molecule has 8 heteroatoms. The molecule has 0 spiro atoms. The highest BCUT2D eigenvalue weighted by Crippen LogP contribution is 2.30. The van der Waals surface area contributed by atoms with Gasteiger partial charge < -0.3 is 14.4 Å². The van der Waals surface area contributed by atoms with E-state index in [1.165, 1.54) is 30.3 Å². The minimum atomic E-state index is -2.97. The van der Waals surface area contributed by atoms with E-state index >= 15 is 0 Å². The predicted molar refractivity (Wildman–Crippen MR) is 102 cm³/mol. The number of hydrogen-bond acceptors (Lipinski definition) is 4. The van der Waals surface area contributed by atoms with E-state index in [4.69, 9.17) is 4.74 Å². The Kier molecular flexibility index (Phi) is 6.98. The quantitative estimate of drug-likeness (QED) is 0.699. The summed E-state index contributed by atoms with van der Waals surface area (Å²) in [7, 11) is 0. The Morgan fingerprint density at radius 1 is 1.07 bits per heavy atom. The molecule has 0 aliphatic carbocycles. The normalized spacial score (nSPS) is 14.9. The first kappa shape index (κ1) is 21.0. The van der Waals surface area contributed by atoms with Crippen LogP contribution in [0.2, 0.25) is 0 Å². The molecule has 1 heterocycles. The lowest BCUT2D eigenvalue weighted by molar-refractivity contribution is -0.0514. The van der Waals surface area contributed by atoms with Gasteiger partial charge in [0, 0.05) is 38.3 Å². The van der Waals surface area contributed by atoms with Gasteiger partial charge in [-0.05, 0) is 42.8 Å². The molecule has 0 bridgehead atoms. The molecule has 0 radical (unpaired) electrons. The number of rotatable bonds is 7. The molecule has 5 nitrogen and oxygen atoms in total. The van der Waals surface area contributed by atoms with Crippen LogP contribution in [0, 0.1) is 5.82 Å². The van der Waals surface area contributed by atoms with E-state index in [2.05, 4.69) is 9.64 Å². The van der Waals surface area contributed by atoms with Gasteiger partial charge in [-0.15, -0.1) is 0 Å². The minimum absolute atomic E-state index is 0.0988. The molecule has 1 aliphatic heterocycles. The second kappa shape index (κ2) is 9.65. The molecule has 1 aliphatic rings. The predicted octanol–water partition coefficient (Wildman–Crippen LogP) is 3.78. The van der Waals surface area contributed by atoms with E-state index in [0.29, 0.717) is 38.3 Å². The van der Waals surface area contributed by atoms with E-state index in [-0.39, 0.29) is 29.8 Å². The lowest BCUT2D eigenvalue weighted by Gasteiger charge is -2.34. The van der Waals surface area contributed by atoms with Crippen molar-refractivity contribution in [1.82, 2.24) is 9.80 Å². The number of alkyl halides is 2. The van der Waals surface area contributed by atoms with Crippen LogP contribution < -0.4 is 9.47 Å². The van der Waals surface area contributed by atoms with Gasteiger partial charge in [0.25, 0.3) is 5.91 Å². The number of halogens is 3. The van der Waals surface area contributed by atoms with E-state index in [1.807, 2.05) is 6.07 Å². The van der Waals surface area contributed by atoms with Crippen molar-refractivity contribution in [3.05, 3.63) is 59.4 Å². The van der Waals surface area contributed by atoms with Crippen molar-refractivity contribution in [2.24, 2.45) is 0 Å². The number of benzene rings is 2. The zero-order valence-electron chi connectivity index (χ0n) is 16.1. The van der Waals surface area contributed by atoms with Crippen LogP contribution in [-0.4, -0.2) is 55.1 Å². The highest BCUT2D eigenvalue weighted by Gasteiger charge is 2.23. The summed E-state index contributed by atoms with van der Waals surface area (Å²) in [6, 6.07) is 10.7. The molecule has 156 valence electrons. The molecule has 2 aromatic rings. The maximum Gasteiger partial charge on any atom is 0.387 e. The lowest BCUT2D eigenvalue weighted by Crippen LogP contribution is -2.48. The standard InChI is InChI=1S/C21H23F3N2O3/c1-2-28-19-13-16(6-7-18(19)29-21(23)24)20(27)26-10-8-25(9-11-26)14-15-4-3-5-17(22)12-15/h3-7,12-13,21H,2,8-11,14H2,1H3. The second-order valence-corrected chi connectivity index (χ2v) is 6.67. The number of carbonyl (C=O) groups is 1. The van der Waals surface area contributed by atoms with Crippen LogP contribution in [0.15, 0.2) is 42.5 Å². The van der Waals surface area contributed by atoms with Gasteiger partial charge in [-0.25, -0.2) is 4.39 Å². The van der Waals surface area contributed by atoms with Crippen LogP contribution >= 0.6 is 0 Å². The summed E-state index contributed by atoms with van der Waals surface area (Å²) in [4.78, 5) is 16.7. The van der Waals surface area contributed by atoms with Crippen molar-refractivity contribution < 1.29 is 27.4 Å². The smallest absolute Gasteiger partial charge is 0.387 e. The van der Waals surface area contributed by atoms with Gasteiger partial charge in [-0.1, -0.05) is 12.1 Å². The van der Waals surface area contributed by atoms with Crippen LogP contribution in [0.5, 0.6) is 11.5 Å². The number of piperazine rings is 1. The fourth-order valence-electron chi connectivity index (χ4n) is 3.29. The van der Waals surface area contributed by atoms with Crippen molar-refractivity contribution in [2.75, 3.05) is 32.8 Å². The van der Waals surface area contributed by atoms with Gasteiger partial charge in [0.15, 0.2) is 11.5 Å². The zero-order chi connectivity index (χ0) is 20.8. The first-order chi connectivity index (χ1) is 14.0. The summed E-state index contributed by atoms with van der Waals surface area (Å²) in [6.07, 6.45) is 0. The summed E-state index contributed by atoms with van der Waals surface area (Å²) < 4.78 is 48.2. The molecule has 0 unspecified atom stereocenters. The van der Waals surface area contributed by atoms with Gasteiger partial charge in [-0.3, -0.25) is 9.69 Å². The summed E-state index contributed by atoms with van der Waals surface area (Å²) in [6.45, 7) is 1.99. The number of hydrogen-bond donors (Lipinski definition) is 0. The van der Waals surface area contributed by atoms with Gasteiger partial charge in [0.05, 0.1) is 6.61 Å². The Bertz CT molecular complexity index is 840. The minimum Gasteiger partial charge on any atom is -0.490 e. The molecular formula is C21H23F3N2O3. The summed E-state index contributed by atoms with van der Waals surface area (Å²) in [5.74, 6) is -0.442. The molecule has 0 atom stereocenters. The molecule has 29 heavy (non-hydrogen) atoms. The van der Waals surface area contributed by atoms with Crippen molar-refractivity contribution >= 4 is 5.91 Å². The molecule has 0 aromatic heterocycles. The maximum absolute atomic E-state index is 13.3. The summed E-state index contributed by atoms with van der Waals surface area (Å²) >= 11 is 0. The Hall–Kier alpha value is -2.74. The van der Waals surface area contributed by atoms with Crippen molar-refractivity contribution in [3.8, 4) is 11.5 Å². The monoisotopic (exact) mass is 408 g/mol. The topological polar surface area (TPSA) is 42.0 Å². The zero-order valence-corrected chi connectivity index (χ0v) is 16.1. The average molecular weight is 408 g/mol. The maximum atomic E-state index is 13.3. The van der Waals surface area contributed by atoms with E-state index in [1.54, 1.807) is 17.9 Å². The van der Waals surface area contributed by atoms with Crippen LogP contribution in [-0.2, 0) is 6.54 Å². The third-order valence-corrected chi connectivity index (χ3v) is 4.66. The number of amides is 1. The molecule has 0 N–H and O–H groups in total. The van der Waals surface area contributed by atoms with Crippen molar-refractivity contribution in [2.45, 2.75) is 20.1 Å². The first-order valence-electron chi connectivity index (χ1n) is 9.44. The SMILES string of the molecule is CCOc1cc(C(=O)N2CCN(Cc3cccc(F)c3)CC2)ccc1OC(F)F. The molecule has 1 fully saturated rings. The second-order valence-electron chi connectivity index (χ2n) is 6.67. The fraction of sp³-hybridized carbons (Fsp3) is 0.381. The lowest BCUT2D eigenvalue weighted by atomic mass is 10.1. The van der Waals surface area contributed by atoms with Crippen LogP contribution in [0.1, 0.15) is 22.8 Å². The summed E-state index contributed by atoms with van der Waals surface area (Å²) in [5.41, 5.74) is 1.24. The van der Waals surface area contributed by atoms with Gasteiger partial charge in [0.1, 0.15) is 5.82 Å². The van der Waals surface area contributed by atoms with Crippen LogP contribution in [0.4, 0.5) is 13.2 Å². The number of ether oxygens (including phenoxy) is 2. The van der Waals surface area contributed by atoms with E-state index < -0.39 is 6.61 Å². The Morgan fingerprint density at radius 3 is 2.48 bits per heavy atom.